The number of nitrogens with one attached hydrogen (secondary N) is 1. The van der Waals surface area contributed by atoms with Crippen LogP contribution in [0.5, 0.6) is 0 Å². The van der Waals surface area contributed by atoms with Crippen molar-refractivity contribution in [2.45, 2.75) is 13.0 Å². The monoisotopic (exact) mass is 341 g/mol. The summed E-state index contributed by atoms with van der Waals surface area (Å²) >= 11 is 1.65. The third-order valence-electron chi connectivity index (χ3n) is 4.14. The van der Waals surface area contributed by atoms with E-state index in [9.17, 15) is 4.79 Å². The normalized spacial score (nSPS) is 11.5. The zero-order valence-corrected chi connectivity index (χ0v) is 15.0. The largest absolute Gasteiger partial charge is 0.384 e. The van der Waals surface area contributed by atoms with Crippen LogP contribution in [0.1, 0.15) is 12.0 Å². The van der Waals surface area contributed by atoms with Crippen LogP contribution in [0.3, 0.4) is 0 Å². The molecule has 1 heterocycles. The molecule has 0 saturated carbocycles. The van der Waals surface area contributed by atoms with E-state index in [0.717, 1.165) is 50.9 Å². The molecule has 1 aromatic heterocycles. The minimum absolute atomic E-state index is 0.0877. The summed E-state index contributed by atoms with van der Waals surface area (Å²) in [6.45, 7) is 2.25. The average Bonchev–Trinajstić information content (AvgIpc) is 2.58. The summed E-state index contributed by atoms with van der Waals surface area (Å²) in [6, 6.07) is 11.8. The lowest BCUT2D eigenvalue weighted by Crippen LogP contribution is -2.18. The number of fused-ring (bicyclic) bond motifs is 2. The predicted molar refractivity (Wildman–Crippen MR) is 105 cm³/mol. The number of hydrogen-bond acceptors (Lipinski definition) is 5. The zero-order chi connectivity index (χ0) is 17.1. The summed E-state index contributed by atoms with van der Waals surface area (Å²) in [7, 11) is 4.12. The van der Waals surface area contributed by atoms with Crippen molar-refractivity contribution in [2.24, 2.45) is 5.73 Å². The maximum absolute atomic E-state index is 13.0. The topological polar surface area (TPSA) is 58.4 Å². The molecule has 0 radical (unpaired) electrons. The lowest BCUT2D eigenvalue weighted by atomic mass is 10.1. The quantitative estimate of drug-likeness (QED) is 0.534. The van der Waals surface area contributed by atoms with Gasteiger partial charge in [0, 0.05) is 27.9 Å². The van der Waals surface area contributed by atoms with Crippen LogP contribution in [0, 0.1) is 0 Å². The summed E-state index contributed by atoms with van der Waals surface area (Å²) in [4.78, 5) is 15.2. The molecule has 0 aliphatic carbocycles. The van der Waals surface area contributed by atoms with Gasteiger partial charge in [0.25, 0.3) is 0 Å². The summed E-state index contributed by atoms with van der Waals surface area (Å²) in [5.74, 6) is 0. The van der Waals surface area contributed by atoms with E-state index in [4.69, 9.17) is 5.73 Å². The molecule has 3 aromatic rings. The highest BCUT2D eigenvalue weighted by atomic mass is 32.1. The van der Waals surface area contributed by atoms with Crippen LogP contribution >= 0.6 is 11.3 Å². The van der Waals surface area contributed by atoms with Gasteiger partial charge in [-0.2, -0.15) is 0 Å². The van der Waals surface area contributed by atoms with Gasteiger partial charge in [-0.3, -0.25) is 4.79 Å². The van der Waals surface area contributed by atoms with Gasteiger partial charge < -0.3 is 16.0 Å². The predicted octanol–water partition coefficient (Wildman–Crippen LogP) is 3.24. The van der Waals surface area contributed by atoms with Gasteiger partial charge in [-0.05, 0) is 50.8 Å². The Morgan fingerprint density at radius 1 is 1.12 bits per heavy atom. The van der Waals surface area contributed by atoms with Gasteiger partial charge in [0.2, 0.25) is 0 Å². The fourth-order valence-electron chi connectivity index (χ4n) is 2.91. The number of benzene rings is 2. The van der Waals surface area contributed by atoms with Crippen LogP contribution in [0.15, 0.2) is 41.2 Å². The number of rotatable bonds is 6. The minimum atomic E-state index is 0.0877. The molecule has 0 aliphatic heterocycles. The lowest BCUT2D eigenvalue weighted by molar-refractivity contribution is 0.405. The van der Waals surface area contributed by atoms with Gasteiger partial charge in [-0.15, -0.1) is 11.3 Å². The highest BCUT2D eigenvalue weighted by Crippen LogP contribution is 2.31. The SMILES string of the molecule is CN(C)CCCNc1c(CN)ccc2sc3ccccc3c(=O)c12. The van der Waals surface area contributed by atoms with E-state index < -0.39 is 0 Å². The molecule has 0 atom stereocenters. The molecule has 3 rings (SSSR count). The third-order valence-corrected chi connectivity index (χ3v) is 5.27. The average molecular weight is 341 g/mol. The first-order valence-electron chi connectivity index (χ1n) is 8.18. The standard InChI is InChI=1S/C19H23N3OS/c1-22(2)11-5-10-21-18-13(12-20)8-9-16-17(18)19(23)14-6-3-4-7-15(14)24-16/h3-4,6-9,21H,5,10-12,20H2,1-2H3. The molecule has 0 unspecified atom stereocenters. The Labute approximate surface area is 145 Å². The van der Waals surface area contributed by atoms with Crippen LogP contribution in [0.25, 0.3) is 20.2 Å². The molecule has 3 N–H and O–H groups in total. The van der Waals surface area contributed by atoms with E-state index in [2.05, 4.69) is 24.3 Å². The third kappa shape index (κ3) is 3.29. The van der Waals surface area contributed by atoms with Crippen molar-refractivity contribution < 1.29 is 0 Å². The lowest BCUT2D eigenvalue weighted by Gasteiger charge is -2.15. The van der Waals surface area contributed by atoms with E-state index >= 15 is 0 Å². The van der Waals surface area contributed by atoms with Crippen LogP contribution < -0.4 is 16.5 Å². The summed E-state index contributed by atoms with van der Waals surface area (Å²) < 4.78 is 2.03. The Morgan fingerprint density at radius 3 is 2.67 bits per heavy atom. The Morgan fingerprint density at radius 2 is 1.92 bits per heavy atom. The van der Waals surface area contributed by atoms with Crippen molar-refractivity contribution in [3.05, 3.63) is 52.2 Å². The van der Waals surface area contributed by atoms with Gasteiger partial charge >= 0.3 is 0 Å². The molecule has 0 spiro atoms. The first kappa shape index (κ1) is 16.9. The van der Waals surface area contributed by atoms with E-state index in [1.165, 1.54) is 0 Å². The fraction of sp³-hybridized carbons (Fsp3) is 0.316. The van der Waals surface area contributed by atoms with Crippen LogP contribution in [0.4, 0.5) is 5.69 Å². The molecular weight excluding hydrogens is 318 g/mol. The van der Waals surface area contributed by atoms with E-state index in [0.29, 0.717) is 6.54 Å². The van der Waals surface area contributed by atoms with Crippen molar-refractivity contribution >= 4 is 37.2 Å². The Kier molecular flexibility index (Phi) is 5.14. The highest BCUT2D eigenvalue weighted by molar-refractivity contribution is 7.24. The Balaban J connectivity index is 2.10. The summed E-state index contributed by atoms with van der Waals surface area (Å²) in [5.41, 5.74) is 7.89. The van der Waals surface area contributed by atoms with E-state index in [1.54, 1.807) is 11.3 Å². The highest BCUT2D eigenvalue weighted by Gasteiger charge is 2.13. The van der Waals surface area contributed by atoms with Gasteiger partial charge in [0.05, 0.1) is 11.1 Å². The number of nitrogens with two attached hydrogens (primary N) is 1. The first-order valence-corrected chi connectivity index (χ1v) is 8.99. The van der Waals surface area contributed by atoms with Crippen molar-refractivity contribution in [1.82, 2.24) is 4.90 Å². The van der Waals surface area contributed by atoms with Crippen molar-refractivity contribution in [3.63, 3.8) is 0 Å². The van der Waals surface area contributed by atoms with E-state index in [-0.39, 0.29) is 5.43 Å². The number of nitrogens with zero attached hydrogens (tertiary/aromatic N) is 1. The van der Waals surface area contributed by atoms with Gasteiger partial charge in [0.15, 0.2) is 5.43 Å². The van der Waals surface area contributed by atoms with Crippen LogP contribution in [-0.2, 0) is 6.54 Å². The van der Waals surface area contributed by atoms with Crippen molar-refractivity contribution in [1.29, 1.82) is 0 Å². The molecule has 5 heteroatoms. The van der Waals surface area contributed by atoms with E-state index in [1.807, 2.05) is 36.4 Å². The maximum Gasteiger partial charge on any atom is 0.197 e. The van der Waals surface area contributed by atoms with Gasteiger partial charge in [-0.25, -0.2) is 0 Å². The minimum Gasteiger partial charge on any atom is -0.384 e. The zero-order valence-electron chi connectivity index (χ0n) is 14.1. The second kappa shape index (κ2) is 7.30. The molecule has 0 amide bonds. The molecule has 0 fully saturated rings. The van der Waals surface area contributed by atoms with Crippen LogP contribution in [-0.4, -0.2) is 32.1 Å². The first-order chi connectivity index (χ1) is 11.6. The van der Waals surface area contributed by atoms with Gasteiger partial charge in [-0.1, -0.05) is 18.2 Å². The molecular formula is C19H23N3OS. The molecule has 0 aliphatic rings. The Hall–Kier alpha value is -1.95. The Bertz CT molecular complexity index is 918. The smallest absolute Gasteiger partial charge is 0.197 e. The molecule has 0 saturated heterocycles. The van der Waals surface area contributed by atoms with Crippen molar-refractivity contribution in [2.75, 3.05) is 32.5 Å². The molecule has 0 bridgehead atoms. The van der Waals surface area contributed by atoms with Crippen LogP contribution in [0.2, 0.25) is 0 Å². The molecule has 4 nitrogen and oxygen atoms in total. The summed E-state index contributed by atoms with van der Waals surface area (Å²) in [5, 5.41) is 5.02. The second-order valence-electron chi connectivity index (χ2n) is 6.19. The molecule has 2 aromatic carbocycles. The fourth-order valence-corrected chi connectivity index (χ4v) is 4.00. The van der Waals surface area contributed by atoms with Crippen molar-refractivity contribution in [3.8, 4) is 0 Å². The molecule has 24 heavy (non-hydrogen) atoms. The summed E-state index contributed by atoms with van der Waals surface area (Å²) in [6.07, 6.45) is 1.01. The molecule has 126 valence electrons. The number of anilines is 1. The number of hydrogen-bond donors (Lipinski definition) is 2. The second-order valence-corrected chi connectivity index (χ2v) is 7.27. The van der Waals surface area contributed by atoms with Gasteiger partial charge in [0.1, 0.15) is 0 Å². The maximum atomic E-state index is 13.0.